The first-order valence-electron chi connectivity index (χ1n) is 9.04. The lowest BCUT2D eigenvalue weighted by molar-refractivity contribution is -0.138. The lowest BCUT2D eigenvalue weighted by Crippen LogP contribution is -2.39. The van der Waals surface area contributed by atoms with Crippen LogP contribution >= 0.6 is 0 Å². The van der Waals surface area contributed by atoms with Crippen LogP contribution in [0.15, 0.2) is 48.5 Å². The molecular weight excluding hydrogens is 371 g/mol. The molecule has 28 heavy (non-hydrogen) atoms. The Morgan fingerprint density at radius 3 is 2.14 bits per heavy atom. The predicted molar refractivity (Wildman–Crippen MR) is 97.2 cm³/mol. The van der Waals surface area contributed by atoms with Crippen molar-refractivity contribution in [2.75, 3.05) is 13.1 Å². The Kier molecular flexibility index (Phi) is 5.72. The van der Waals surface area contributed by atoms with Crippen molar-refractivity contribution in [2.24, 2.45) is 5.92 Å². The minimum Gasteiger partial charge on any atom is -0.478 e. The van der Waals surface area contributed by atoms with E-state index in [9.17, 15) is 27.9 Å². The number of hydrogen-bond acceptors (Lipinski definition) is 2. The van der Waals surface area contributed by atoms with Crippen molar-refractivity contribution < 1.29 is 27.9 Å². The molecule has 3 rings (SSSR count). The molecule has 0 bridgehead atoms. The number of hydrogen-bond donors (Lipinski definition) is 1. The Bertz CT molecular complexity index is 871. The highest BCUT2D eigenvalue weighted by atomic mass is 19.4. The quantitative estimate of drug-likeness (QED) is 0.835. The Balaban J connectivity index is 1.67. The maximum atomic E-state index is 13.2. The first-order chi connectivity index (χ1) is 13.3. The van der Waals surface area contributed by atoms with E-state index < -0.39 is 23.6 Å². The summed E-state index contributed by atoms with van der Waals surface area (Å²) in [6.07, 6.45) is -2.77. The summed E-state index contributed by atoms with van der Waals surface area (Å²) in [5.41, 5.74) is -0.246. The number of halogens is 3. The van der Waals surface area contributed by atoms with Gasteiger partial charge in [0, 0.05) is 13.1 Å². The number of aromatic carboxylic acids is 1. The number of carbonyl (C=O) groups excluding carboxylic acids is 1. The normalized spacial score (nSPS) is 15.5. The Labute approximate surface area is 160 Å². The summed E-state index contributed by atoms with van der Waals surface area (Å²) in [6.45, 7) is 0.704. The second-order valence-corrected chi connectivity index (χ2v) is 6.95. The molecule has 0 atom stereocenters. The summed E-state index contributed by atoms with van der Waals surface area (Å²) >= 11 is 0. The highest BCUT2D eigenvalue weighted by Gasteiger charge is 2.36. The fourth-order valence-electron chi connectivity index (χ4n) is 3.65. The monoisotopic (exact) mass is 391 g/mol. The lowest BCUT2D eigenvalue weighted by Gasteiger charge is -2.33. The van der Waals surface area contributed by atoms with Crippen LogP contribution in [-0.2, 0) is 12.6 Å². The third kappa shape index (κ3) is 4.35. The van der Waals surface area contributed by atoms with Crippen LogP contribution in [0.1, 0.15) is 44.7 Å². The minimum absolute atomic E-state index is 0.183. The van der Waals surface area contributed by atoms with Crippen molar-refractivity contribution in [3.8, 4) is 0 Å². The largest absolute Gasteiger partial charge is 0.478 e. The number of piperidine rings is 1. The van der Waals surface area contributed by atoms with Gasteiger partial charge >= 0.3 is 12.1 Å². The molecule has 0 unspecified atom stereocenters. The third-order valence-corrected chi connectivity index (χ3v) is 5.12. The minimum atomic E-state index is -4.58. The van der Waals surface area contributed by atoms with E-state index in [1.807, 2.05) is 0 Å². The molecule has 1 fully saturated rings. The standard InChI is InChI=1S/C21H20F3NO3/c22-21(23,24)18-8-4-3-7-17(18)19(26)25-11-9-14(10-12-25)13-15-5-1-2-6-16(15)20(27)28/h1-8,14H,9-13H2,(H,27,28). The van der Waals surface area contributed by atoms with E-state index in [-0.39, 0.29) is 17.0 Å². The summed E-state index contributed by atoms with van der Waals surface area (Å²) in [6, 6.07) is 11.6. The average Bonchev–Trinajstić information content (AvgIpc) is 2.67. The van der Waals surface area contributed by atoms with Crippen LogP contribution in [0.2, 0.25) is 0 Å². The maximum Gasteiger partial charge on any atom is 0.417 e. The van der Waals surface area contributed by atoms with Crippen molar-refractivity contribution >= 4 is 11.9 Å². The van der Waals surface area contributed by atoms with Gasteiger partial charge in [-0.25, -0.2) is 4.79 Å². The van der Waals surface area contributed by atoms with Crippen molar-refractivity contribution in [1.29, 1.82) is 0 Å². The van der Waals surface area contributed by atoms with E-state index in [1.54, 1.807) is 24.3 Å². The average molecular weight is 391 g/mol. The van der Waals surface area contributed by atoms with Crippen LogP contribution in [0.4, 0.5) is 13.2 Å². The first kappa shape index (κ1) is 19.9. The highest BCUT2D eigenvalue weighted by Crippen LogP contribution is 2.33. The second kappa shape index (κ2) is 8.04. The van der Waals surface area contributed by atoms with E-state index in [0.717, 1.165) is 11.6 Å². The van der Waals surface area contributed by atoms with E-state index in [2.05, 4.69) is 0 Å². The van der Waals surface area contributed by atoms with Crippen LogP contribution in [0.3, 0.4) is 0 Å². The molecule has 148 valence electrons. The molecule has 1 amide bonds. The number of alkyl halides is 3. The van der Waals surface area contributed by atoms with Crippen molar-refractivity contribution in [3.05, 3.63) is 70.8 Å². The molecule has 0 aliphatic carbocycles. The van der Waals surface area contributed by atoms with Gasteiger partial charge in [-0.1, -0.05) is 30.3 Å². The fourth-order valence-corrected chi connectivity index (χ4v) is 3.65. The SMILES string of the molecule is O=C(O)c1ccccc1CC1CCN(C(=O)c2ccccc2C(F)(F)F)CC1. The molecule has 2 aromatic rings. The van der Waals surface area contributed by atoms with Crippen LogP contribution in [0.5, 0.6) is 0 Å². The topological polar surface area (TPSA) is 57.6 Å². The van der Waals surface area contributed by atoms with Gasteiger partial charge in [-0.2, -0.15) is 13.2 Å². The Hall–Kier alpha value is -2.83. The molecule has 0 spiro atoms. The smallest absolute Gasteiger partial charge is 0.417 e. The molecule has 0 aromatic heterocycles. The zero-order chi connectivity index (χ0) is 20.3. The number of carbonyl (C=O) groups is 2. The first-order valence-corrected chi connectivity index (χ1v) is 9.04. The zero-order valence-corrected chi connectivity index (χ0v) is 15.1. The second-order valence-electron chi connectivity index (χ2n) is 6.95. The number of rotatable bonds is 4. The highest BCUT2D eigenvalue weighted by molar-refractivity contribution is 5.96. The van der Waals surface area contributed by atoms with Gasteiger partial charge in [-0.15, -0.1) is 0 Å². The molecule has 0 radical (unpaired) electrons. The molecule has 1 N–H and O–H groups in total. The maximum absolute atomic E-state index is 13.2. The van der Waals surface area contributed by atoms with Crippen molar-refractivity contribution in [3.63, 3.8) is 0 Å². The van der Waals surface area contributed by atoms with Crippen LogP contribution < -0.4 is 0 Å². The fraction of sp³-hybridized carbons (Fsp3) is 0.333. The summed E-state index contributed by atoms with van der Waals surface area (Å²) in [5, 5.41) is 9.28. The molecule has 1 saturated heterocycles. The molecule has 0 saturated carbocycles. The van der Waals surface area contributed by atoms with E-state index >= 15 is 0 Å². The molecule has 1 aliphatic rings. The number of nitrogens with zero attached hydrogens (tertiary/aromatic N) is 1. The van der Waals surface area contributed by atoms with E-state index in [1.165, 1.54) is 23.1 Å². The molecule has 7 heteroatoms. The lowest BCUT2D eigenvalue weighted by atomic mass is 9.88. The molecular formula is C21H20F3NO3. The summed E-state index contributed by atoms with van der Waals surface area (Å²) in [7, 11) is 0. The number of amides is 1. The molecule has 4 nitrogen and oxygen atoms in total. The zero-order valence-electron chi connectivity index (χ0n) is 15.1. The van der Waals surface area contributed by atoms with Crippen LogP contribution in [0, 0.1) is 5.92 Å². The van der Waals surface area contributed by atoms with Gasteiger partial charge in [0.15, 0.2) is 0 Å². The van der Waals surface area contributed by atoms with Gasteiger partial charge in [0.2, 0.25) is 0 Å². The molecule has 1 heterocycles. The Morgan fingerprint density at radius 1 is 0.964 bits per heavy atom. The Morgan fingerprint density at radius 2 is 1.54 bits per heavy atom. The summed E-state index contributed by atoms with van der Waals surface area (Å²) in [5.74, 6) is -1.41. The summed E-state index contributed by atoms with van der Waals surface area (Å²) in [4.78, 5) is 25.4. The van der Waals surface area contributed by atoms with Crippen molar-refractivity contribution in [1.82, 2.24) is 4.90 Å². The number of carboxylic acids is 1. The van der Waals surface area contributed by atoms with Gasteiger partial charge in [0.25, 0.3) is 5.91 Å². The van der Waals surface area contributed by atoms with Gasteiger partial charge < -0.3 is 10.0 Å². The summed E-state index contributed by atoms with van der Waals surface area (Å²) < 4.78 is 39.5. The van der Waals surface area contributed by atoms with Crippen LogP contribution in [0.25, 0.3) is 0 Å². The van der Waals surface area contributed by atoms with Crippen molar-refractivity contribution in [2.45, 2.75) is 25.4 Å². The molecule has 2 aromatic carbocycles. The predicted octanol–water partition coefficient (Wildman–Crippen LogP) is 4.50. The van der Waals surface area contributed by atoms with Gasteiger partial charge in [0.1, 0.15) is 0 Å². The number of likely N-dealkylation sites (tertiary alicyclic amines) is 1. The van der Waals surface area contributed by atoms with E-state index in [4.69, 9.17) is 0 Å². The van der Waals surface area contributed by atoms with Gasteiger partial charge in [-0.05, 0) is 48.9 Å². The van der Waals surface area contributed by atoms with Gasteiger partial charge in [0.05, 0.1) is 16.7 Å². The number of benzene rings is 2. The van der Waals surface area contributed by atoms with Gasteiger partial charge in [-0.3, -0.25) is 4.79 Å². The number of carboxylic acid groups (broad SMARTS) is 1. The van der Waals surface area contributed by atoms with E-state index in [0.29, 0.717) is 32.4 Å². The van der Waals surface area contributed by atoms with Crippen LogP contribution in [-0.4, -0.2) is 35.0 Å². The third-order valence-electron chi connectivity index (χ3n) is 5.12. The molecule has 1 aliphatic heterocycles.